The fourth-order valence-corrected chi connectivity index (χ4v) is 3.39. The van der Waals surface area contributed by atoms with Crippen molar-refractivity contribution in [1.29, 1.82) is 0 Å². The Morgan fingerprint density at radius 2 is 1.88 bits per heavy atom. The van der Waals surface area contributed by atoms with Crippen molar-refractivity contribution in [1.82, 2.24) is 25.4 Å². The van der Waals surface area contributed by atoms with E-state index in [0.717, 1.165) is 23.8 Å². The van der Waals surface area contributed by atoms with Crippen LogP contribution in [0.2, 0.25) is 0 Å². The first-order chi connectivity index (χ1) is 11.2. The second-order valence-corrected chi connectivity index (χ2v) is 8.98. The maximum Gasteiger partial charge on any atom is 0.321 e. The quantitative estimate of drug-likeness (QED) is 0.796. The molecule has 2 saturated carbocycles. The standard InChI is InChI=1S/C16H25N5O2S/c1-9(13(22)17-14(23)18-16(2,3)4)24-15-20-19-12(10-5-6-10)21(15)11-7-8-11/h9-11H,5-8H2,1-4H3,(H2,17,18,22,23)/t9-/m0/s1. The highest BCUT2D eigenvalue weighted by Crippen LogP contribution is 2.46. The van der Waals surface area contributed by atoms with Crippen molar-refractivity contribution in [3.05, 3.63) is 5.82 Å². The van der Waals surface area contributed by atoms with Crippen LogP contribution in [0.15, 0.2) is 5.16 Å². The van der Waals surface area contributed by atoms with Crippen LogP contribution in [0.1, 0.15) is 71.2 Å². The molecule has 1 aromatic rings. The molecule has 1 atom stereocenters. The normalized spacial score (nSPS) is 19.0. The Balaban J connectivity index is 1.61. The molecular weight excluding hydrogens is 326 g/mol. The first kappa shape index (κ1) is 17.3. The van der Waals surface area contributed by atoms with Crippen molar-refractivity contribution in [2.75, 3.05) is 0 Å². The monoisotopic (exact) mass is 351 g/mol. The van der Waals surface area contributed by atoms with Gasteiger partial charge in [0.25, 0.3) is 0 Å². The number of thioether (sulfide) groups is 1. The van der Waals surface area contributed by atoms with Gasteiger partial charge in [0.15, 0.2) is 5.16 Å². The first-order valence-electron chi connectivity index (χ1n) is 8.49. The number of carbonyl (C=O) groups excluding carboxylic acids is 2. The zero-order chi connectivity index (χ0) is 17.5. The number of hydrogen-bond acceptors (Lipinski definition) is 5. The van der Waals surface area contributed by atoms with E-state index in [0.29, 0.717) is 12.0 Å². The predicted molar refractivity (Wildman–Crippen MR) is 92.0 cm³/mol. The topological polar surface area (TPSA) is 88.9 Å². The SMILES string of the molecule is C[C@H](Sc1nnc(C2CC2)n1C1CC1)C(=O)NC(=O)NC(C)(C)C. The third-order valence-corrected chi connectivity index (χ3v) is 4.98. The van der Waals surface area contributed by atoms with Crippen LogP contribution in [0.5, 0.6) is 0 Å². The third-order valence-electron chi connectivity index (χ3n) is 3.92. The molecule has 0 bridgehead atoms. The van der Waals surface area contributed by atoms with Gasteiger partial charge in [0.2, 0.25) is 5.91 Å². The fraction of sp³-hybridized carbons (Fsp3) is 0.750. The molecule has 1 heterocycles. The minimum Gasteiger partial charge on any atom is -0.333 e. The van der Waals surface area contributed by atoms with E-state index in [1.165, 1.54) is 24.6 Å². The molecule has 3 amide bonds. The molecule has 2 aliphatic carbocycles. The smallest absolute Gasteiger partial charge is 0.321 e. The minimum absolute atomic E-state index is 0.319. The minimum atomic E-state index is -0.470. The average Bonchev–Trinajstić information content (AvgIpc) is 3.36. The second-order valence-electron chi connectivity index (χ2n) is 7.67. The Hall–Kier alpha value is -1.57. The summed E-state index contributed by atoms with van der Waals surface area (Å²) in [5.74, 6) is 1.28. The van der Waals surface area contributed by atoms with Crippen LogP contribution < -0.4 is 10.6 Å². The molecule has 1 aromatic heterocycles. The number of urea groups is 1. The van der Waals surface area contributed by atoms with Crippen LogP contribution in [0.25, 0.3) is 0 Å². The number of nitrogens with zero attached hydrogens (tertiary/aromatic N) is 3. The molecule has 2 fully saturated rings. The van der Waals surface area contributed by atoms with Gasteiger partial charge < -0.3 is 9.88 Å². The van der Waals surface area contributed by atoms with Crippen LogP contribution in [-0.2, 0) is 4.79 Å². The molecule has 0 aliphatic heterocycles. The van der Waals surface area contributed by atoms with Crippen molar-refractivity contribution < 1.29 is 9.59 Å². The van der Waals surface area contributed by atoms with Crippen molar-refractivity contribution in [3.8, 4) is 0 Å². The lowest BCUT2D eigenvalue weighted by molar-refractivity contribution is -0.119. The second kappa shape index (κ2) is 6.38. The Morgan fingerprint density at radius 3 is 2.42 bits per heavy atom. The van der Waals surface area contributed by atoms with Crippen LogP contribution >= 0.6 is 11.8 Å². The van der Waals surface area contributed by atoms with Crippen LogP contribution in [-0.4, -0.2) is 37.5 Å². The summed E-state index contributed by atoms with van der Waals surface area (Å²) in [5, 5.41) is 14.1. The molecule has 2 aliphatic rings. The zero-order valence-electron chi connectivity index (χ0n) is 14.6. The van der Waals surface area contributed by atoms with Crippen LogP contribution in [0.3, 0.4) is 0 Å². The summed E-state index contributed by atoms with van der Waals surface area (Å²) in [5.41, 5.74) is -0.383. The Bertz CT molecular complexity index is 643. The molecule has 0 unspecified atom stereocenters. The van der Waals surface area contributed by atoms with Crippen molar-refractivity contribution in [2.45, 2.75) is 81.3 Å². The summed E-state index contributed by atoms with van der Waals surface area (Å²) in [7, 11) is 0. The molecule has 132 valence electrons. The van der Waals surface area contributed by atoms with Gasteiger partial charge >= 0.3 is 6.03 Å². The number of imide groups is 1. The van der Waals surface area contributed by atoms with Gasteiger partial charge in [0, 0.05) is 17.5 Å². The third kappa shape index (κ3) is 4.28. The van der Waals surface area contributed by atoms with Gasteiger partial charge in [-0.3, -0.25) is 10.1 Å². The van der Waals surface area contributed by atoms with Gasteiger partial charge in [0.1, 0.15) is 5.82 Å². The number of rotatable bonds is 5. The van der Waals surface area contributed by atoms with E-state index >= 15 is 0 Å². The molecule has 0 saturated heterocycles. The highest BCUT2D eigenvalue weighted by atomic mass is 32.2. The van der Waals surface area contributed by atoms with E-state index in [1.807, 2.05) is 20.8 Å². The number of nitrogens with one attached hydrogen (secondary N) is 2. The van der Waals surface area contributed by atoms with Gasteiger partial charge in [-0.05, 0) is 53.4 Å². The Morgan fingerprint density at radius 1 is 1.21 bits per heavy atom. The highest BCUT2D eigenvalue weighted by molar-refractivity contribution is 8.00. The molecule has 0 radical (unpaired) electrons. The largest absolute Gasteiger partial charge is 0.333 e. The summed E-state index contributed by atoms with van der Waals surface area (Å²) < 4.78 is 2.21. The van der Waals surface area contributed by atoms with Gasteiger partial charge in [-0.25, -0.2) is 4.79 Å². The zero-order valence-corrected chi connectivity index (χ0v) is 15.4. The molecule has 7 nitrogen and oxygen atoms in total. The van der Waals surface area contributed by atoms with E-state index in [4.69, 9.17) is 0 Å². The highest BCUT2D eigenvalue weighted by Gasteiger charge is 2.37. The van der Waals surface area contributed by atoms with E-state index < -0.39 is 11.3 Å². The number of aromatic nitrogens is 3. The lowest BCUT2D eigenvalue weighted by Gasteiger charge is -2.21. The molecule has 24 heavy (non-hydrogen) atoms. The molecule has 8 heteroatoms. The molecule has 2 N–H and O–H groups in total. The Kier molecular flexibility index (Phi) is 4.59. The van der Waals surface area contributed by atoms with Crippen LogP contribution in [0.4, 0.5) is 4.79 Å². The average molecular weight is 351 g/mol. The van der Waals surface area contributed by atoms with Gasteiger partial charge in [-0.15, -0.1) is 10.2 Å². The lowest BCUT2D eigenvalue weighted by atomic mass is 10.1. The van der Waals surface area contributed by atoms with E-state index in [9.17, 15) is 9.59 Å². The van der Waals surface area contributed by atoms with Gasteiger partial charge in [-0.1, -0.05) is 11.8 Å². The molecular formula is C16H25N5O2S. The van der Waals surface area contributed by atoms with Crippen molar-refractivity contribution >= 4 is 23.7 Å². The van der Waals surface area contributed by atoms with E-state index in [1.54, 1.807) is 6.92 Å². The number of hydrogen-bond donors (Lipinski definition) is 2. The maximum absolute atomic E-state index is 12.2. The fourth-order valence-electron chi connectivity index (χ4n) is 2.46. The Labute approximate surface area is 146 Å². The van der Waals surface area contributed by atoms with Crippen molar-refractivity contribution in [3.63, 3.8) is 0 Å². The number of carbonyl (C=O) groups is 2. The summed E-state index contributed by atoms with van der Waals surface area (Å²) >= 11 is 1.37. The summed E-state index contributed by atoms with van der Waals surface area (Å²) in [4.78, 5) is 24.1. The molecule has 0 aromatic carbocycles. The number of amides is 3. The molecule has 0 spiro atoms. The van der Waals surface area contributed by atoms with E-state index in [-0.39, 0.29) is 11.4 Å². The molecule has 3 rings (SSSR count). The summed E-state index contributed by atoms with van der Waals surface area (Å²) in [6, 6.07) is 0.0137. The van der Waals surface area contributed by atoms with Gasteiger partial charge in [0.05, 0.1) is 5.25 Å². The van der Waals surface area contributed by atoms with Crippen LogP contribution in [0, 0.1) is 0 Å². The summed E-state index contributed by atoms with van der Waals surface area (Å²) in [6.07, 6.45) is 4.66. The summed E-state index contributed by atoms with van der Waals surface area (Å²) in [6.45, 7) is 7.39. The van der Waals surface area contributed by atoms with Crippen molar-refractivity contribution in [2.24, 2.45) is 0 Å². The lowest BCUT2D eigenvalue weighted by Crippen LogP contribution is -2.49. The van der Waals surface area contributed by atoms with Gasteiger partial charge in [-0.2, -0.15) is 0 Å². The predicted octanol–water partition coefficient (Wildman–Crippen LogP) is 2.60. The van der Waals surface area contributed by atoms with E-state index in [2.05, 4.69) is 25.4 Å². The maximum atomic E-state index is 12.2. The first-order valence-corrected chi connectivity index (χ1v) is 9.37.